The highest BCUT2D eigenvalue weighted by atomic mass is 16.5. The number of carbonyl (C=O) groups is 1. The molecule has 0 unspecified atom stereocenters. The zero-order valence-electron chi connectivity index (χ0n) is 11.0. The van der Waals surface area contributed by atoms with Gasteiger partial charge in [0.1, 0.15) is 0 Å². The second kappa shape index (κ2) is 5.19. The third-order valence-electron chi connectivity index (χ3n) is 2.78. The van der Waals surface area contributed by atoms with Gasteiger partial charge in [-0.2, -0.15) is 0 Å². The molecule has 4 heteroatoms. The summed E-state index contributed by atoms with van der Waals surface area (Å²) >= 11 is 0. The second-order valence-electron chi connectivity index (χ2n) is 4.62. The molecule has 1 aromatic rings. The fourth-order valence-corrected chi connectivity index (χ4v) is 1.50. The fourth-order valence-electron chi connectivity index (χ4n) is 1.50. The highest BCUT2D eigenvalue weighted by Gasteiger charge is 2.15. The third kappa shape index (κ3) is 3.20. The molecule has 0 aliphatic heterocycles. The number of hydroxylamine groups is 2. The second-order valence-corrected chi connectivity index (χ2v) is 4.62. The summed E-state index contributed by atoms with van der Waals surface area (Å²) in [4.78, 5) is 11.7. The molecule has 0 heterocycles. The highest BCUT2D eigenvalue weighted by Crippen LogP contribution is 2.20. The van der Waals surface area contributed by atoms with E-state index in [0.717, 1.165) is 16.8 Å². The van der Waals surface area contributed by atoms with Crippen molar-refractivity contribution in [1.82, 2.24) is 5.06 Å². The van der Waals surface area contributed by atoms with Crippen LogP contribution in [0, 0.1) is 20.8 Å². The maximum Gasteiger partial charge on any atom is 0.345 e. The number of nitrogens with one attached hydrogen (secondary N) is 1. The summed E-state index contributed by atoms with van der Waals surface area (Å²) in [6.45, 7) is 9.43. The Kier molecular flexibility index (Phi) is 4.12. The van der Waals surface area contributed by atoms with Crippen LogP contribution in [0.4, 0.5) is 10.5 Å². The standard InChI is InChI=1S/C13H20N2O2/c1-8(2)15(17)13(16)14-12-7-10(4)9(3)6-11(12)5/h6-8,17H,1-5H3,(H,14,16). The van der Waals surface area contributed by atoms with Crippen molar-refractivity contribution in [2.24, 2.45) is 0 Å². The zero-order valence-corrected chi connectivity index (χ0v) is 11.0. The van der Waals surface area contributed by atoms with Gasteiger partial charge in [0.2, 0.25) is 0 Å². The van der Waals surface area contributed by atoms with E-state index in [4.69, 9.17) is 0 Å². The molecular formula is C13H20N2O2. The van der Waals surface area contributed by atoms with Gasteiger partial charge in [0.05, 0.1) is 6.04 Å². The number of carbonyl (C=O) groups excluding carboxylic acids is 1. The van der Waals surface area contributed by atoms with Crippen molar-refractivity contribution < 1.29 is 10.0 Å². The first-order valence-electron chi connectivity index (χ1n) is 5.70. The monoisotopic (exact) mass is 236 g/mol. The Balaban J connectivity index is 2.89. The number of hydrogen-bond donors (Lipinski definition) is 2. The lowest BCUT2D eigenvalue weighted by atomic mass is 10.1. The molecule has 0 spiro atoms. The smallest absolute Gasteiger partial charge is 0.306 e. The molecule has 4 nitrogen and oxygen atoms in total. The first kappa shape index (κ1) is 13.5. The molecule has 0 aliphatic rings. The molecule has 0 atom stereocenters. The van der Waals surface area contributed by atoms with Crippen LogP contribution in [-0.2, 0) is 0 Å². The van der Waals surface area contributed by atoms with Crippen LogP contribution in [0.2, 0.25) is 0 Å². The van der Waals surface area contributed by atoms with Crippen LogP contribution in [0.25, 0.3) is 0 Å². The molecule has 1 rings (SSSR count). The quantitative estimate of drug-likeness (QED) is 0.611. The summed E-state index contributed by atoms with van der Waals surface area (Å²) in [5.41, 5.74) is 4.02. The van der Waals surface area contributed by atoms with Crippen molar-refractivity contribution in [3.63, 3.8) is 0 Å². The van der Waals surface area contributed by atoms with E-state index in [2.05, 4.69) is 5.32 Å². The summed E-state index contributed by atoms with van der Waals surface area (Å²) in [7, 11) is 0. The molecule has 2 N–H and O–H groups in total. The van der Waals surface area contributed by atoms with Gasteiger partial charge in [0, 0.05) is 5.69 Å². The van der Waals surface area contributed by atoms with Gasteiger partial charge in [0.15, 0.2) is 0 Å². The van der Waals surface area contributed by atoms with Crippen LogP contribution in [0.5, 0.6) is 0 Å². The predicted molar refractivity (Wildman–Crippen MR) is 68.4 cm³/mol. The van der Waals surface area contributed by atoms with E-state index in [1.165, 1.54) is 5.56 Å². The molecule has 0 radical (unpaired) electrons. The van der Waals surface area contributed by atoms with E-state index in [1.807, 2.05) is 32.9 Å². The lowest BCUT2D eigenvalue weighted by Crippen LogP contribution is -2.37. The maximum atomic E-state index is 11.7. The van der Waals surface area contributed by atoms with E-state index in [9.17, 15) is 10.0 Å². The van der Waals surface area contributed by atoms with Crippen LogP contribution >= 0.6 is 0 Å². The van der Waals surface area contributed by atoms with Gasteiger partial charge in [0.25, 0.3) is 0 Å². The molecule has 0 saturated carbocycles. The normalized spacial score (nSPS) is 10.5. The molecule has 1 aromatic carbocycles. The first-order valence-corrected chi connectivity index (χ1v) is 5.70. The minimum atomic E-state index is -0.508. The van der Waals surface area contributed by atoms with Crippen LogP contribution in [-0.4, -0.2) is 22.3 Å². The fraction of sp³-hybridized carbons (Fsp3) is 0.462. The Labute approximate surface area is 102 Å². The van der Waals surface area contributed by atoms with Gasteiger partial charge in [-0.05, 0) is 57.4 Å². The minimum absolute atomic E-state index is 0.248. The Hall–Kier alpha value is -1.55. The number of anilines is 1. The Bertz CT molecular complexity index is 428. The molecular weight excluding hydrogens is 216 g/mol. The lowest BCUT2D eigenvalue weighted by molar-refractivity contribution is -0.0622. The van der Waals surface area contributed by atoms with E-state index in [1.54, 1.807) is 13.8 Å². The molecule has 0 fully saturated rings. The molecule has 0 saturated heterocycles. The summed E-state index contributed by atoms with van der Waals surface area (Å²) in [5.74, 6) is 0. The number of nitrogens with zero attached hydrogens (tertiary/aromatic N) is 1. The summed E-state index contributed by atoms with van der Waals surface area (Å²) in [6, 6.07) is 3.17. The Morgan fingerprint density at radius 3 is 2.24 bits per heavy atom. The largest absolute Gasteiger partial charge is 0.345 e. The summed E-state index contributed by atoms with van der Waals surface area (Å²) in [6.07, 6.45) is 0. The van der Waals surface area contributed by atoms with Gasteiger partial charge in [-0.15, -0.1) is 0 Å². The number of hydrogen-bond acceptors (Lipinski definition) is 2. The average Bonchev–Trinajstić information content (AvgIpc) is 2.24. The lowest BCUT2D eigenvalue weighted by Gasteiger charge is -2.20. The van der Waals surface area contributed by atoms with E-state index >= 15 is 0 Å². The van der Waals surface area contributed by atoms with Gasteiger partial charge >= 0.3 is 6.03 Å². The maximum absolute atomic E-state index is 11.7. The Morgan fingerprint density at radius 1 is 1.18 bits per heavy atom. The van der Waals surface area contributed by atoms with Crippen LogP contribution < -0.4 is 5.32 Å². The van der Waals surface area contributed by atoms with Crippen molar-refractivity contribution in [2.75, 3.05) is 5.32 Å². The molecule has 94 valence electrons. The van der Waals surface area contributed by atoms with Crippen LogP contribution in [0.15, 0.2) is 12.1 Å². The number of rotatable bonds is 2. The minimum Gasteiger partial charge on any atom is -0.306 e. The van der Waals surface area contributed by atoms with Crippen molar-refractivity contribution in [3.8, 4) is 0 Å². The number of amides is 2. The average molecular weight is 236 g/mol. The topological polar surface area (TPSA) is 52.6 Å². The predicted octanol–water partition coefficient (Wildman–Crippen LogP) is 3.24. The molecule has 2 amide bonds. The highest BCUT2D eigenvalue weighted by molar-refractivity contribution is 5.89. The van der Waals surface area contributed by atoms with E-state index in [-0.39, 0.29) is 6.04 Å². The number of benzene rings is 1. The molecule has 0 aromatic heterocycles. The molecule has 0 bridgehead atoms. The molecule has 17 heavy (non-hydrogen) atoms. The van der Waals surface area contributed by atoms with E-state index in [0.29, 0.717) is 5.06 Å². The van der Waals surface area contributed by atoms with E-state index < -0.39 is 6.03 Å². The van der Waals surface area contributed by atoms with Gasteiger partial charge < -0.3 is 5.32 Å². The zero-order chi connectivity index (χ0) is 13.2. The first-order chi connectivity index (χ1) is 7.82. The Morgan fingerprint density at radius 2 is 1.71 bits per heavy atom. The SMILES string of the molecule is Cc1cc(C)c(NC(=O)N(O)C(C)C)cc1C. The number of urea groups is 1. The summed E-state index contributed by atoms with van der Waals surface area (Å²) < 4.78 is 0. The van der Waals surface area contributed by atoms with Crippen molar-refractivity contribution in [1.29, 1.82) is 0 Å². The number of aryl methyl sites for hydroxylation is 3. The molecule has 0 aliphatic carbocycles. The third-order valence-corrected chi connectivity index (χ3v) is 2.78. The van der Waals surface area contributed by atoms with Crippen molar-refractivity contribution in [2.45, 2.75) is 40.7 Å². The van der Waals surface area contributed by atoms with Gasteiger partial charge in [-0.3, -0.25) is 5.21 Å². The van der Waals surface area contributed by atoms with Crippen LogP contribution in [0.1, 0.15) is 30.5 Å². The van der Waals surface area contributed by atoms with Gasteiger partial charge in [-0.25, -0.2) is 9.86 Å². The van der Waals surface area contributed by atoms with Crippen molar-refractivity contribution >= 4 is 11.7 Å². The van der Waals surface area contributed by atoms with Crippen molar-refractivity contribution in [3.05, 3.63) is 28.8 Å². The van der Waals surface area contributed by atoms with Gasteiger partial charge in [-0.1, -0.05) is 6.07 Å². The van der Waals surface area contributed by atoms with Crippen LogP contribution in [0.3, 0.4) is 0 Å². The summed E-state index contributed by atoms with van der Waals surface area (Å²) in [5, 5.41) is 12.9.